The molecular weight excluding hydrogens is 267 g/mol. The minimum Gasteiger partial charge on any atom is -0.496 e. The summed E-state index contributed by atoms with van der Waals surface area (Å²) in [6, 6.07) is 5.71. The first-order valence-corrected chi connectivity index (χ1v) is 7.95. The summed E-state index contributed by atoms with van der Waals surface area (Å²) < 4.78 is 19.5. The summed E-state index contributed by atoms with van der Waals surface area (Å²) in [5.41, 5.74) is 0.648. The highest BCUT2D eigenvalue weighted by Crippen LogP contribution is 2.30. The molecule has 0 saturated carbocycles. The van der Waals surface area contributed by atoms with Crippen LogP contribution in [-0.2, 0) is 0 Å². The van der Waals surface area contributed by atoms with Gasteiger partial charge in [-0.15, -0.1) is 0 Å². The van der Waals surface area contributed by atoms with Crippen molar-refractivity contribution in [2.75, 3.05) is 27.2 Å². The van der Waals surface area contributed by atoms with Gasteiger partial charge in [-0.1, -0.05) is 13.0 Å². The fraction of sp³-hybridized carbons (Fsp3) is 0.647. The van der Waals surface area contributed by atoms with E-state index >= 15 is 0 Å². The highest BCUT2D eigenvalue weighted by molar-refractivity contribution is 5.37. The molecule has 21 heavy (non-hydrogen) atoms. The first-order chi connectivity index (χ1) is 10.2. The quantitative estimate of drug-likeness (QED) is 0.834. The third-order valence-electron chi connectivity index (χ3n) is 4.61. The van der Waals surface area contributed by atoms with Gasteiger partial charge in [-0.3, -0.25) is 0 Å². The summed E-state index contributed by atoms with van der Waals surface area (Å²) in [7, 11) is 3.48. The molecule has 0 bridgehead atoms. The second-order valence-corrected chi connectivity index (χ2v) is 5.73. The number of benzene rings is 1. The molecule has 1 aromatic rings. The van der Waals surface area contributed by atoms with E-state index in [1.165, 1.54) is 31.9 Å². The van der Waals surface area contributed by atoms with Crippen LogP contribution in [0.4, 0.5) is 4.39 Å². The summed E-state index contributed by atoms with van der Waals surface area (Å²) in [5, 5.41) is 3.24. The molecule has 2 atom stereocenters. The summed E-state index contributed by atoms with van der Waals surface area (Å²) in [6.07, 6.45) is 4.67. The molecule has 1 aromatic carbocycles. The van der Waals surface area contributed by atoms with Crippen LogP contribution in [0.3, 0.4) is 0 Å². The summed E-state index contributed by atoms with van der Waals surface area (Å²) in [5.74, 6) is 0.435. The van der Waals surface area contributed by atoms with Gasteiger partial charge >= 0.3 is 0 Å². The summed E-state index contributed by atoms with van der Waals surface area (Å²) in [4.78, 5) is 2.54. The molecule has 1 fully saturated rings. The summed E-state index contributed by atoms with van der Waals surface area (Å²) >= 11 is 0. The van der Waals surface area contributed by atoms with Gasteiger partial charge in [-0.2, -0.15) is 0 Å². The zero-order valence-electron chi connectivity index (χ0n) is 13.4. The van der Waals surface area contributed by atoms with Crippen LogP contribution in [0.5, 0.6) is 5.75 Å². The van der Waals surface area contributed by atoms with Gasteiger partial charge in [-0.05, 0) is 51.4 Å². The number of halogens is 1. The molecule has 0 aliphatic carbocycles. The fourth-order valence-electron chi connectivity index (χ4n) is 3.41. The van der Waals surface area contributed by atoms with Gasteiger partial charge in [0.25, 0.3) is 0 Å². The maximum Gasteiger partial charge on any atom is 0.131 e. The molecule has 1 saturated heterocycles. The molecule has 1 N–H and O–H groups in total. The molecule has 0 aromatic heterocycles. The van der Waals surface area contributed by atoms with Crippen molar-refractivity contribution in [3.8, 4) is 5.75 Å². The third kappa shape index (κ3) is 3.74. The minimum atomic E-state index is -0.192. The number of nitrogens with zero attached hydrogens (tertiary/aromatic N) is 1. The molecule has 1 aliphatic rings. The van der Waals surface area contributed by atoms with E-state index in [2.05, 4.69) is 17.1 Å². The largest absolute Gasteiger partial charge is 0.496 e. The van der Waals surface area contributed by atoms with Crippen LogP contribution in [0.1, 0.15) is 44.2 Å². The highest BCUT2D eigenvalue weighted by atomic mass is 19.1. The van der Waals surface area contributed by atoms with Crippen molar-refractivity contribution in [2.24, 2.45) is 0 Å². The topological polar surface area (TPSA) is 24.5 Å². The van der Waals surface area contributed by atoms with Gasteiger partial charge in [0, 0.05) is 24.2 Å². The average molecular weight is 294 g/mol. The second-order valence-electron chi connectivity index (χ2n) is 5.73. The van der Waals surface area contributed by atoms with Crippen molar-refractivity contribution in [2.45, 2.75) is 44.7 Å². The maximum atomic E-state index is 14.2. The first-order valence-electron chi connectivity index (χ1n) is 7.95. The van der Waals surface area contributed by atoms with Crippen molar-refractivity contribution in [3.05, 3.63) is 29.6 Å². The number of methoxy groups -OCH3 is 1. The Hall–Kier alpha value is -1.13. The standard InChI is InChI=1S/C17H27FN2O/c1-4-13-7-6-11-20(13)12-10-15(19-2)17-14(18)8-5-9-16(17)21-3/h5,8-9,13,15,19H,4,6-7,10-12H2,1-3H3. The van der Waals surface area contributed by atoms with Crippen LogP contribution in [0.2, 0.25) is 0 Å². The number of nitrogens with one attached hydrogen (secondary N) is 1. The molecule has 2 unspecified atom stereocenters. The van der Waals surface area contributed by atoms with Crippen LogP contribution in [-0.4, -0.2) is 38.2 Å². The molecule has 4 heteroatoms. The zero-order valence-corrected chi connectivity index (χ0v) is 13.4. The number of rotatable bonds is 7. The van der Waals surface area contributed by atoms with E-state index in [1.807, 2.05) is 13.1 Å². The smallest absolute Gasteiger partial charge is 0.131 e. The van der Waals surface area contributed by atoms with E-state index in [0.717, 1.165) is 13.0 Å². The number of hydrogen-bond acceptors (Lipinski definition) is 3. The lowest BCUT2D eigenvalue weighted by Gasteiger charge is -2.26. The lowest BCUT2D eigenvalue weighted by Crippen LogP contribution is -2.32. The predicted molar refractivity (Wildman–Crippen MR) is 84.3 cm³/mol. The Morgan fingerprint density at radius 3 is 2.95 bits per heavy atom. The van der Waals surface area contributed by atoms with E-state index in [4.69, 9.17) is 4.74 Å². The van der Waals surface area contributed by atoms with Gasteiger partial charge in [0.1, 0.15) is 11.6 Å². The van der Waals surface area contributed by atoms with Gasteiger partial charge in [0.15, 0.2) is 0 Å². The van der Waals surface area contributed by atoms with E-state index in [1.54, 1.807) is 13.2 Å². The Bertz CT molecular complexity index is 452. The molecular formula is C17H27FN2O. The van der Waals surface area contributed by atoms with Crippen molar-refractivity contribution < 1.29 is 9.13 Å². The van der Waals surface area contributed by atoms with Crippen molar-refractivity contribution in [1.29, 1.82) is 0 Å². The normalized spacial score (nSPS) is 20.7. The SMILES string of the molecule is CCC1CCCN1CCC(NC)c1c(F)cccc1OC. The lowest BCUT2D eigenvalue weighted by molar-refractivity contribution is 0.234. The van der Waals surface area contributed by atoms with E-state index in [-0.39, 0.29) is 11.9 Å². The van der Waals surface area contributed by atoms with Crippen LogP contribution in [0.15, 0.2) is 18.2 Å². The third-order valence-corrected chi connectivity index (χ3v) is 4.61. The minimum absolute atomic E-state index is 0.0146. The highest BCUT2D eigenvalue weighted by Gasteiger charge is 2.25. The van der Waals surface area contributed by atoms with E-state index < -0.39 is 0 Å². The van der Waals surface area contributed by atoms with Crippen LogP contribution in [0.25, 0.3) is 0 Å². The van der Waals surface area contributed by atoms with Crippen LogP contribution in [0, 0.1) is 5.82 Å². The van der Waals surface area contributed by atoms with Crippen molar-refractivity contribution >= 4 is 0 Å². The second kappa shape index (κ2) is 7.76. The molecule has 1 heterocycles. The Balaban J connectivity index is 2.06. The lowest BCUT2D eigenvalue weighted by atomic mass is 10.0. The molecule has 0 radical (unpaired) electrons. The Morgan fingerprint density at radius 2 is 2.29 bits per heavy atom. The van der Waals surface area contributed by atoms with Gasteiger partial charge in [-0.25, -0.2) is 4.39 Å². The molecule has 118 valence electrons. The molecule has 1 aliphatic heterocycles. The molecule has 0 spiro atoms. The molecule has 2 rings (SSSR count). The van der Waals surface area contributed by atoms with Crippen molar-refractivity contribution in [1.82, 2.24) is 10.2 Å². The van der Waals surface area contributed by atoms with Gasteiger partial charge in [0.2, 0.25) is 0 Å². The van der Waals surface area contributed by atoms with Crippen molar-refractivity contribution in [3.63, 3.8) is 0 Å². The van der Waals surface area contributed by atoms with E-state index in [9.17, 15) is 4.39 Å². The van der Waals surface area contributed by atoms with Gasteiger partial charge < -0.3 is 15.0 Å². The molecule has 3 nitrogen and oxygen atoms in total. The predicted octanol–water partition coefficient (Wildman–Crippen LogP) is 3.36. The molecule has 0 amide bonds. The van der Waals surface area contributed by atoms with Crippen LogP contribution < -0.4 is 10.1 Å². The van der Waals surface area contributed by atoms with Gasteiger partial charge in [0.05, 0.1) is 7.11 Å². The first kappa shape index (κ1) is 16.2. The number of ether oxygens (including phenoxy) is 1. The fourth-order valence-corrected chi connectivity index (χ4v) is 3.41. The van der Waals surface area contributed by atoms with E-state index in [0.29, 0.717) is 17.4 Å². The number of hydrogen-bond donors (Lipinski definition) is 1. The monoisotopic (exact) mass is 294 g/mol. The maximum absolute atomic E-state index is 14.2. The number of likely N-dealkylation sites (tertiary alicyclic amines) is 1. The summed E-state index contributed by atoms with van der Waals surface area (Å²) in [6.45, 7) is 4.42. The Morgan fingerprint density at radius 1 is 1.48 bits per heavy atom. The Kier molecular flexibility index (Phi) is 6.00. The zero-order chi connectivity index (χ0) is 15.2. The van der Waals surface area contributed by atoms with Crippen LogP contribution >= 0.6 is 0 Å². The Labute approximate surface area is 127 Å². The average Bonchev–Trinajstić information content (AvgIpc) is 2.96.